The number of aromatic nitrogens is 1. The van der Waals surface area contributed by atoms with Crippen molar-refractivity contribution in [3.8, 4) is 0 Å². The molecule has 2 rings (SSSR count). The zero-order valence-corrected chi connectivity index (χ0v) is 11.0. The van der Waals surface area contributed by atoms with E-state index >= 15 is 0 Å². The van der Waals surface area contributed by atoms with Gasteiger partial charge in [0.2, 0.25) is 10.0 Å². The number of rotatable bonds is 4. The van der Waals surface area contributed by atoms with Crippen LogP contribution in [0.5, 0.6) is 0 Å². The largest absolute Gasteiger partial charge is 0.398 e. The highest BCUT2D eigenvalue weighted by molar-refractivity contribution is 7.89. The lowest BCUT2D eigenvalue weighted by Gasteiger charge is -2.14. The molecule has 0 saturated heterocycles. The Balaban J connectivity index is 2.11. The van der Waals surface area contributed by atoms with Gasteiger partial charge in [0.25, 0.3) is 0 Å². The van der Waals surface area contributed by atoms with Gasteiger partial charge < -0.3 is 10.5 Å². The van der Waals surface area contributed by atoms with E-state index in [1.165, 1.54) is 18.5 Å². The first-order valence-electron chi connectivity index (χ1n) is 5.77. The van der Waals surface area contributed by atoms with Crippen molar-refractivity contribution >= 4 is 15.7 Å². The quantitative estimate of drug-likeness (QED) is 0.832. The Labute approximate surface area is 107 Å². The summed E-state index contributed by atoms with van der Waals surface area (Å²) in [6.45, 7) is 0. The molecule has 1 heterocycles. The summed E-state index contributed by atoms with van der Waals surface area (Å²) in [6.07, 6.45) is 5.19. The topological polar surface area (TPSA) is 94.3 Å². The number of sulfonamides is 1. The molecule has 3 N–H and O–H groups in total. The Morgan fingerprint density at radius 2 is 2.28 bits per heavy atom. The highest BCUT2D eigenvalue weighted by Gasteiger charge is 2.29. The minimum atomic E-state index is -3.60. The van der Waals surface area contributed by atoms with Crippen LogP contribution in [0.2, 0.25) is 0 Å². The number of nitrogens with one attached hydrogen (secondary N) is 1. The number of nitrogen functional groups attached to an aromatic ring is 1. The van der Waals surface area contributed by atoms with Gasteiger partial charge in [0.05, 0.1) is 11.8 Å². The number of pyridine rings is 1. The molecule has 18 heavy (non-hydrogen) atoms. The second kappa shape index (κ2) is 5.21. The fourth-order valence-electron chi connectivity index (χ4n) is 2.16. The Hall–Kier alpha value is -1.18. The number of methoxy groups -OCH3 is 1. The number of nitrogens with two attached hydrogens (primary N) is 1. The van der Waals surface area contributed by atoms with Gasteiger partial charge in [0, 0.05) is 25.5 Å². The van der Waals surface area contributed by atoms with Crippen LogP contribution in [0.4, 0.5) is 5.69 Å². The average molecular weight is 271 g/mol. The van der Waals surface area contributed by atoms with Crippen LogP contribution in [0, 0.1) is 0 Å². The monoisotopic (exact) mass is 271 g/mol. The first kappa shape index (κ1) is 13.3. The number of hydrogen-bond donors (Lipinski definition) is 2. The van der Waals surface area contributed by atoms with Gasteiger partial charge in [0.1, 0.15) is 4.90 Å². The van der Waals surface area contributed by atoms with Crippen molar-refractivity contribution in [3.05, 3.63) is 18.5 Å². The van der Waals surface area contributed by atoms with Crippen molar-refractivity contribution in [1.82, 2.24) is 9.71 Å². The summed E-state index contributed by atoms with van der Waals surface area (Å²) in [7, 11) is -1.96. The molecule has 0 radical (unpaired) electrons. The van der Waals surface area contributed by atoms with Crippen LogP contribution in [-0.2, 0) is 14.8 Å². The average Bonchev–Trinajstić information content (AvgIpc) is 2.76. The van der Waals surface area contributed by atoms with Crippen molar-refractivity contribution in [1.29, 1.82) is 0 Å². The Morgan fingerprint density at radius 1 is 1.50 bits per heavy atom. The molecule has 2 atom stereocenters. The van der Waals surface area contributed by atoms with E-state index in [4.69, 9.17) is 10.5 Å². The molecule has 2 unspecified atom stereocenters. The summed E-state index contributed by atoms with van der Waals surface area (Å²) in [4.78, 5) is 3.83. The molecule has 6 nitrogen and oxygen atoms in total. The van der Waals surface area contributed by atoms with Crippen molar-refractivity contribution in [2.75, 3.05) is 12.8 Å². The number of hydrogen-bond acceptors (Lipinski definition) is 5. The molecule has 1 aliphatic carbocycles. The van der Waals surface area contributed by atoms with Gasteiger partial charge in [-0.1, -0.05) is 0 Å². The van der Waals surface area contributed by atoms with E-state index < -0.39 is 10.0 Å². The molecule has 1 fully saturated rings. The van der Waals surface area contributed by atoms with Crippen LogP contribution < -0.4 is 10.5 Å². The summed E-state index contributed by atoms with van der Waals surface area (Å²) >= 11 is 0. The summed E-state index contributed by atoms with van der Waals surface area (Å²) in [5.41, 5.74) is 5.86. The highest BCUT2D eigenvalue weighted by Crippen LogP contribution is 2.24. The molecular weight excluding hydrogens is 254 g/mol. The molecule has 1 aromatic heterocycles. The van der Waals surface area contributed by atoms with Gasteiger partial charge >= 0.3 is 0 Å². The molecule has 100 valence electrons. The third kappa shape index (κ3) is 2.80. The minimum absolute atomic E-state index is 0.0332. The van der Waals surface area contributed by atoms with E-state index in [1.807, 2.05) is 0 Å². The van der Waals surface area contributed by atoms with Crippen LogP contribution in [0.15, 0.2) is 23.4 Å². The summed E-state index contributed by atoms with van der Waals surface area (Å²) in [5, 5.41) is 0. The lowest BCUT2D eigenvalue weighted by atomic mass is 10.3. The maximum atomic E-state index is 12.1. The van der Waals surface area contributed by atoms with Gasteiger partial charge in [-0.25, -0.2) is 13.1 Å². The lowest BCUT2D eigenvalue weighted by Crippen LogP contribution is -2.33. The Morgan fingerprint density at radius 3 is 2.89 bits per heavy atom. The molecule has 0 aromatic carbocycles. The second-order valence-electron chi connectivity index (χ2n) is 4.40. The predicted octanol–water partition coefficient (Wildman–Crippen LogP) is 0.510. The maximum Gasteiger partial charge on any atom is 0.244 e. The molecular formula is C11H17N3O3S. The minimum Gasteiger partial charge on any atom is -0.398 e. The zero-order chi connectivity index (χ0) is 13.2. The fourth-order valence-corrected chi connectivity index (χ4v) is 3.52. The summed E-state index contributed by atoms with van der Waals surface area (Å²) in [5.74, 6) is 0. The van der Waals surface area contributed by atoms with Gasteiger partial charge in [-0.2, -0.15) is 0 Å². The van der Waals surface area contributed by atoms with Crippen molar-refractivity contribution in [2.45, 2.75) is 36.3 Å². The molecule has 0 bridgehead atoms. The standard InChI is InChI=1S/C11H17N3O3S/c1-17-9-3-2-8(6-9)14-18(15,16)11-7-13-5-4-10(11)12/h4-5,7-9,14H,2-3,6H2,1H3,(H2,12,13). The van der Waals surface area contributed by atoms with E-state index in [1.54, 1.807) is 7.11 Å². The molecule has 1 saturated carbocycles. The van der Waals surface area contributed by atoms with E-state index in [0.29, 0.717) is 6.42 Å². The normalized spacial score (nSPS) is 24.3. The van der Waals surface area contributed by atoms with E-state index in [2.05, 4.69) is 9.71 Å². The van der Waals surface area contributed by atoms with E-state index in [9.17, 15) is 8.42 Å². The smallest absolute Gasteiger partial charge is 0.244 e. The van der Waals surface area contributed by atoms with Crippen molar-refractivity contribution < 1.29 is 13.2 Å². The summed E-state index contributed by atoms with van der Waals surface area (Å²) < 4.78 is 32.1. The highest BCUT2D eigenvalue weighted by atomic mass is 32.2. The third-order valence-electron chi connectivity index (χ3n) is 3.15. The Kier molecular flexibility index (Phi) is 3.84. The van der Waals surface area contributed by atoms with Gasteiger partial charge in [-0.05, 0) is 25.3 Å². The third-order valence-corrected chi connectivity index (χ3v) is 4.71. The van der Waals surface area contributed by atoms with Crippen LogP contribution in [0.3, 0.4) is 0 Å². The van der Waals surface area contributed by atoms with E-state index in [-0.39, 0.29) is 22.7 Å². The van der Waals surface area contributed by atoms with Crippen molar-refractivity contribution in [3.63, 3.8) is 0 Å². The molecule has 1 aliphatic rings. The SMILES string of the molecule is COC1CCC(NS(=O)(=O)c2cnccc2N)C1. The fraction of sp³-hybridized carbons (Fsp3) is 0.545. The molecule has 0 amide bonds. The van der Waals surface area contributed by atoms with Gasteiger partial charge in [0.15, 0.2) is 0 Å². The van der Waals surface area contributed by atoms with Gasteiger partial charge in [-0.15, -0.1) is 0 Å². The van der Waals surface area contributed by atoms with Crippen LogP contribution >= 0.6 is 0 Å². The molecule has 1 aromatic rings. The Bertz CT molecular complexity index is 518. The first-order chi connectivity index (χ1) is 8.53. The first-order valence-corrected chi connectivity index (χ1v) is 7.26. The number of anilines is 1. The zero-order valence-electron chi connectivity index (χ0n) is 10.2. The van der Waals surface area contributed by atoms with E-state index in [0.717, 1.165) is 12.8 Å². The molecule has 7 heteroatoms. The lowest BCUT2D eigenvalue weighted by molar-refractivity contribution is 0.107. The summed E-state index contributed by atoms with van der Waals surface area (Å²) in [6, 6.07) is 1.38. The van der Waals surface area contributed by atoms with Crippen LogP contribution in [0.25, 0.3) is 0 Å². The van der Waals surface area contributed by atoms with Crippen LogP contribution in [0.1, 0.15) is 19.3 Å². The number of ether oxygens (including phenoxy) is 1. The maximum absolute atomic E-state index is 12.1. The van der Waals surface area contributed by atoms with Gasteiger partial charge in [-0.3, -0.25) is 4.98 Å². The number of nitrogens with zero attached hydrogens (tertiary/aromatic N) is 1. The predicted molar refractivity (Wildman–Crippen MR) is 67.4 cm³/mol. The van der Waals surface area contributed by atoms with Crippen LogP contribution in [-0.4, -0.2) is 32.7 Å². The molecule has 0 aliphatic heterocycles. The molecule has 0 spiro atoms. The second-order valence-corrected chi connectivity index (χ2v) is 6.08. The van der Waals surface area contributed by atoms with Crippen molar-refractivity contribution in [2.24, 2.45) is 0 Å².